The van der Waals surface area contributed by atoms with Crippen molar-refractivity contribution >= 4 is 23.0 Å². The lowest BCUT2D eigenvalue weighted by atomic mass is 9.99. The zero-order valence-corrected chi connectivity index (χ0v) is 16.0. The van der Waals surface area contributed by atoms with E-state index in [9.17, 15) is 0 Å². The molecule has 1 aromatic heterocycles. The first kappa shape index (κ1) is 18.2. The summed E-state index contributed by atoms with van der Waals surface area (Å²) in [7, 11) is 5.73. The molecule has 0 fully saturated rings. The molecule has 2 aromatic rings. The molecule has 0 radical (unpaired) electrons. The maximum Gasteiger partial charge on any atom is 0.229 e. The van der Waals surface area contributed by atoms with Crippen LogP contribution in [0.25, 0.3) is 5.57 Å². The molecule has 2 heterocycles. The Labute approximate surface area is 155 Å². The topological polar surface area (TPSA) is 62.3 Å². The maximum atomic E-state index is 5.60. The number of aryl methyl sites for hydroxylation is 1. The summed E-state index contributed by atoms with van der Waals surface area (Å²) in [4.78, 5) is 11.3. The number of nitrogens with one attached hydrogen (secondary N) is 2. The summed E-state index contributed by atoms with van der Waals surface area (Å²) in [6.45, 7) is 4.03. The number of likely N-dealkylation sites (N-methyl/N-ethyl adjacent to an activating group) is 1. The Balaban J connectivity index is 1.91. The molecule has 1 aliphatic heterocycles. The monoisotopic (exact) mass is 353 g/mol. The third-order valence-corrected chi connectivity index (χ3v) is 4.55. The van der Waals surface area contributed by atoms with Crippen molar-refractivity contribution in [3.63, 3.8) is 0 Å². The number of rotatable bonds is 5. The lowest BCUT2D eigenvalue weighted by molar-refractivity contribution is 0.372. The van der Waals surface area contributed by atoms with E-state index in [2.05, 4.69) is 44.7 Å². The van der Waals surface area contributed by atoms with E-state index in [1.807, 2.05) is 32.2 Å². The van der Waals surface area contributed by atoms with Crippen LogP contribution in [0.1, 0.15) is 24.1 Å². The van der Waals surface area contributed by atoms with Gasteiger partial charge in [-0.25, -0.2) is 4.98 Å². The van der Waals surface area contributed by atoms with Crippen LogP contribution in [0.2, 0.25) is 0 Å². The van der Waals surface area contributed by atoms with Crippen molar-refractivity contribution in [3.8, 4) is 5.75 Å². The highest BCUT2D eigenvalue weighted by atomic mass is 16.5. The van der Waals surface area contributed by atoms with Crippen LogP contribution < -0.4 is 15.4 Å². The number of aromatic nitrogens is 2. The number of nitrogens with zero attached hydrogens (tertiary/aromatic N) is 3. The zero-order valence-electron chi connectivity index (χ0n) is 16.0. The number of methoxy groups -OCH3 is 1. The molecule has 0 atom stereocenters. The highest BCUT2D eigenvalue weighted by Crippen LogP contribution is 2.33. The molecule has 6 heteroatoms. The fraction of sp³-hybridized carbons (Fsp3) is 0.400. The first-order valence-corrected chi connectivity index (χ1v) is 8.95. The lowest BCUT2D eigenvalue weighted by Gasteiger charge is -2.14. The Morgan fingerprint density at radius 1 is 1.19 bits per heavy atom. The summed E-state index contributed by atoms with van der Waals surface area (Å²) in [6, 6.07) is 8.04. The quantitative estimate of drug-likeness (QED) is 0.855. The molecule has 2 N–H and O–H groups in total. The van der Waals surface area contributed by atoms with Gasteiger partial charge in [0, 0.05) is 36.6 Å². The van der Waals surface area contributed by atoms with E-state index >= 15 is 0 Å². The summed E-state index contributed by atoms with van der Waals surface area (Å²) in [5, 5.41) is 6.38. The van der Waals surface area contributed by atoms with Gasteiger partial charge in [-0.2, -0.15) is 4.98 Å². The summed E-state index contributed by atoms with van der Waals surface area (Å²) in [6.07, 6.45) is 4.50. The van der Waals surface area contributed by atoms with E-state index in [1.54, 1.807) is 7.11 Å². The summed E-state index contributed by atoms with van der Waals surface area (Å²) >= 11 is 0. The van der Waals surface area contributed by atoms with Gasteiger partial charge in [0.15, 0.2) is 0 Å². The first-order chi connectivity index (χ1) is 12.6. The van der Waals surface area contributed by atoms with Crippen LogP contribution >= 0.6 is 0 Å². The molecule has 0 saturated carbocycles. The van der Waals surface area contributed by atoms with Crippen molar-refractivity contribution in [1.82, 2.24) is 14.9 Å². The van der Waals surface area contributed by atoms with Crippen molar-refractivity contribution in [3.05, 3.63) is 41.6 Å². The molecule has 0 spiro atoms. The molecule has 0 bridgehead atoms. The number of ether oxygens (including phenoxy) is 1. The standard InChI is InChI=1S/C20H27N5O/c1-14-12-19(21-2)24-20(22-14)23-16-7-8-18(26-4)17(13-16)15-6-5-10-25(3)11-9-15/h7-9,12-13H,5-6,10-11H2,1-4H3,(H2,21,22,23,24). The van der Waals surface area contributed by atoms with Crippen LogP contribution in [0, 0.1) is 6.92 Å². The molecular weight excluding hydrogens is 326 g/mol. The van der Waals surface area contributed by atoms with E-state index in [1.165, 1.54) is 5.57 Å². The van der Waals surface area contributed by atoms with Gasteiger partial charge in [0.2, 0.25) is 5.95 Å². The summed E-state index contributed by atoms with van der Waals surface area (Å²) < 4.78 is 5.60. The Hall–Kier alpha value is -2.60. The predicted octanol–water partition coefficient (Wildman–Crippen LogP) is 3.69. The molecule has 138 valence electrons. The number of hydrogen-bond acceptors (Lipinski definition) is 6. The minimum atomic E-state index is 0.583. The van der Waals surface area contributed by atoms with Crippen LogP contribution in [-0.2, 0) is 0 Å². The highest BCUT2D eigenvalue weighted by molar-refractivity contribution is 5.75. The Bertz CT molecular complexity index is 803. The third kappa shape index (κ3) is 4.32. The number of anilines is 3. The number of benzene rings is 1. The molecule has 26 heavy (non-hydrogen) atoms. The zero-order chi connectivity index (χ0) is 18.5. The second kappa shape index (κ2) is 8.19. The average molecular weight is 353 g/mol. The highest BCUT2D eigenvalue weighted by Gasteiger charge is 2.14. The van der Waals surface area contributed by atoms with Crippen LogP contribution in [0.15, 0.2) is 30.3 Å². The van der Waals surface area contributed by atoms with Gasteiger partial charge in [-0.05, 0) is 57.1 Å². The summed E-state index contributed by atoms with van der Waals surface area (Å²) in [5.74, 6) is 2.27. The fourth-order valence-electron chi connectivity index (χ4n) is 3.16. The van der Waals surface area contributed by atoms with Gasteiger partial charge >= 0.3 is 0 Å². The number of hydrogen-bond donors (Lipinski definition) is 2. The van der Waals surface area contributed by atoms with Gasteiger partial charge in [0.1, 0.15) is 11.6 Å². The second-order valence-corrected chi connectivity index (χ2v) is 6.60. The number of allylic oxidation sites excluding steroid dienone is 1. The molecule has 0 unspecified atom stereocenters. The molecule has 0 aliphatic carbocycles. The molecule has 6 nitrogen and oxygen atoms in total. The van der Waals surface area contributed by atoms with Crippen molar-refractivity contribution in [1.29, 1.82) is 0 Å². The van der Waals surface area contributed by atoms with Gasteiger partial charge in [-0.1, -0.05) is 6.08 Å². The van der Waals surface area contributed by atoms with E-state index in [4.69, 9.17) is 4.74 Å². The van der Waals surface area contributed by atoms with Gasteiger partial charge in [-0.3, -0.25) is 0 Å². The van der Waals surface area contributed by atoms with Crippen LogP contribution in [0.5, 0.6) is 5.75 Å². The fourth-order valence-corrected chi connectivity index (χ4v) is 3.16. The van der Waals surface area contributed by atoms with Gasteiger partial charge < -0.3 is 20.3 Å². The predicted molar refractivity (Wildman–Crippen MR) is 107 cm³/mol. The van der Waals surface area contributed by atoms with Crippen LogP contribution in [-0.4, -0.2) is 49.2 Å². The van der Waals surface area contributed by atoms with Gasteiger partial charge in [-0.15, -0.1) is 0 Å². The smallest absolute Gasteiger partial charge is 0.229 e. The third-order valence-electron chi connectivity index (χ3n) is 4.55. The van der Waals surface area contributed by atoms with E-state index in [-0.39, 0.29) is 0 Å². The van der Waals surface area contributed by atoms with Crippen LogP contribution in [0.3, 0.4) is 0 Å². The summed E-state index contributed by atoms with van der Waals surface area (Å²) in [5.41, 5.74) is 4.33. The first-order valence-electron chi connectivity index (χ1n) is 8.95. The van der Waals surface area contributed by atoms with E-state index in [0.29, 0.717) is 5.95 Å². The molecule has 0 amide bonds. The minimum Gasteiger partial charge on any atom is -0.496 e. The van der Waals surface area contributed by atoms with Crippen molar-refractivity contribution in [2.24, 2.45) is 0 Å². The second-order valence-electron chi connectivity index (χ2n) is 6.60. The van der Waals surface area contributed by atoms with Gasteiger partial charge in [0.25, 0.3) is 0 Å². The normalized spacial score (nSPS) is 15.2. The lowest BCUT2D eigenvalue weighted by Crippen LogP contribution is -2.17. The maximum absolute atomic E-state index is 5.60. The molecule has 1 aliphatic rings. The Morgan fingerprint density at radius 2 is 2.04 bits per heavy atom. The molecular formula is C20H27N5O. The van der Waals surface area contributed by atoms with E-state index in [0.717, 1.165) is 54.4 Å². The molecule has 1 aromatic carbocycles. The van der Waals surface area contributed by atoms with Gasteiger partial charge in [0.05, 0.1) is 7.11 Å². The minimum absolute atomic E-state index is 0.583. The molecule has 0 saturated heterocycles. The average Bonchev–Trinajstić information content (AvgIpc) is 2.85. The Kier molecular flexibility index (Phi) is 5.73. The van der Waals surface area contributed by atoms with E-state index < -0.39 is 0 Å². The Morgan fingerprint density at radius 3 is 2.81 bits per heavy atom. The van der Waals surface area contributed by atoms with Crippen LogP contribution in [0.4, 0.5) is 17.5 Å². The van der Waals surface area contributed by atoms with Crippen molar-refractivity contribution in [2.45, 2.75) is 19.8 Å². The molecule has 3 rings (SSSR count). The largest absolute Gasteiger partial charge is 0.496 e. The van der Waals surface area contributed by atoms with Crippen molar-refractivity contribution in [2.75, 3.05) is 44.9 Å². The van der Waals surface area contributed by atoms with Crippen molar-refractivity contribution < 1.29 is 4.74 Å². The SMILES string of the molecule is CNc1cc(C)nc(Nc2ccc(OC)c(C3=CCN(C)CCC3)c2)n1.